The van der Waals surface area contributed by atoms with E-state index >= 15 is 0 Å². The molecule has 0 atom stereocenters. The molecular weight excluding hydrogens is 398 g/mol. The molecule has 1 aromatic carbocycles. The number of rotatable bonds is 5. The molecule has 0 aromatic heterocycles. The number of hydrogen-bond donors (Lipinski definition) is 0. The number of amides is 2. The number of hydrogen-bond acceptors (Lipinski definition) is 4. The van der Waals surface area contributed by atoms with Gasteiger partial charge in [0.2, 0.25) is 5.91 Å². The molecule has 1 fully saturated rings. The predicted molar refractivity (Wildman–Crippen MR) is 99.3 cm³/mol. The Hall–Kier alpha value is -1.86. The third-order valence-corrected chi connectivity index (χ3v) is 5.03. The Labute approximate surface area is 167 Å². The van der Waals surface area contributed by atoms with Gasteiger partial charge in [-0.1, -0.05) is 23.2 Å². The molecule has 0 unspecified atom stereocenters. The highest BCUT2D eigenvalue weighted by Crippen LogP contribution is 2.25. The second-order valence-electron chi connectivity index (χ2n) is 6.31. The van der Waals surface area contributed by atoms with Gasteiger partial charge >= 0.3 is 5.97 Å². The fourth-order valence-electron chi connectivity index (χ4n) is 2.89. The summed E-state index contributed by atoms with van der Waals surface area (Å²) in [5.41, 5.74) is -0.0603. The molecule has 2 rings (SSSR count). The summed E-state index contributed by atoms with van der Waals surface area (Å²) in [5.74, 6) is -2.03. The van der Waals surface area contributed by atoms with Gasteiger partial charge < -0.3 is 14.5 Å². The molecule has 0 aliphatic carbocycles. The van der Waals surface area contributed by atoms with Crippen LogP contribution in [0.25, 0.3) is 0 Å². The second kappa shape index (κ2) is 9.37. The van der Waals surface area contributed by atoms with E-state index in [9.17, 15) is 18.8 Å². The second-order valence-corrected chi connectivity index (χ2v) is 7.13. The fourth-order valence-corrected chi connectivity index (χ4v) is 3.36. The Balaban J connectivity index is 1.93. The van der Waals surface area contributed by atoms with E-state index in [4.69, 9.17) is 27.9 Å². The summed E-state index contributed by atoms with van der Waals surface area (Å²) in [6.45, 7) is 2.74. The van der Waals surface area contributed by atoms with Crippen LogP contribution in [0, 0.1) is 11.7 Å². The van der Waals surface area contributed by atoms with Crippen LogP contribution in [0.2, 0.25) is 10.0 Å². The van der Waals surface area contributed by atoms with E-state index in [1.54, 1.807) is 11.8 Å². The minimum atomic E-state index is -0.759. The van der Waals surface area contributed by atoms with Gasteiger partial charge in [0, 0.05) is 20.1 Å². The molecule has 0 saturated carbocycles. The Kier molecular flexibility index (Phi) is 7.44. The Morgan fingerprint density at radius 2 is 1.85 bits per heavy atom. The number of carbonyl (C=O) groups is 3. The molecule has 1 aliphatic heterocycles. The molecule has 9 heteroatoms. The van der Waals surface area contributed by atoms with Gasteiger partial charge in [-0.25, -0.2) is 4.39 Å². The summed E-state index contributed by atoms with van der Waals surface area (Å²) < 4.78 is 18.6. The fraction of sp³-hybridized carbons (Fsp3) is 0.500. The summed E-state index contributed by atoms with van der Waals surface area (Å²) in [6.07, 6.45) is 1.05. The maximum absolute atomic E-state index is 13.6. The van der Waals surface area contributed by atoms with Gasteiger partial charge in [-0.05, 0) is 31.9 Å². The molecule has 1 aromatic rings. The smallest absolute Gasteiger partial charge is 0.309 e. The van der Waals surface area contributed by atoms with Crippen molar-refractivity contribution >= 4 is 41.0 Å². The SMILES string of the molecule is CCOC(=O)C1CCN(C(=O)CN(C)C(=O)c2cc(F)c(Cl)cc2Cl)CC1. The van der Waals surface area contributed by atoms with E-state index < -0.39 is 11.7 Å². The molecule has 0 radical (unpaired) electrons. The summed E-state index contributed by atoms with van der Waals surface area (Å²) in [7, 11) is 1.44. The van der Waals surface area contributed by atoms with Crippen molar-refractivity contribution in [1.82, 2.24) is 9.80 Å². The van der Waals surface area contributed by atoms with Gasteiger partial charge in [-0.2, -0.15) is 0 Å². The molecule has 148 valence electrons. The standard InChI is InChI=1S/C18H21Cl2FN2O4/c1-3-27-18(26)11-4-6-23(7-5-11)16(24)10-22(2)17(25)12-8-15(21)14(20)9-13(12)19/h8-9,11H,3-7,10H2,1-2H3. The van der Waals surface area contributed by atoms with E-state index in [0.717, 1.165) is 12.1 Å². The first-order valence-corrected chi connectivity index (χ1v) is 9.34. The van der Waals surface area contributed by atoms with Gasteiger partial charge in [0.1, 0.15) is 5.82 Å². The topological polar surface area (TPSA) is 66.9 Å². The minimum absolute atomic E-state index is 0.0148. The number of esters is 1. The number of ether oxygens (including phenoxy) is 1. The quantitative estimate of drug-likeness (QED) is 0.544. The molecule has 0 spiro atoms. The van der Waals surface area contributed by atoms with Crippen molar-refractivity contribution in [3.05, 3.63) is 33.6 Å². The highest BCUT2D eigenvalue weighted by atomic mass is 35.5. The van der Waals surface area contributed by atoms with Crippen LogP contribution in [0.3, 0.4) is 0 Å². The van der Waals surface area contributed by atoms with Crippen molar-refractivity contribution in [3.63, 3.8) is 0 Å². The number of nitrogens with zero attached hydrogens (tertiary/aromatic N) is 2. The molecule has 2 amide bonds. The lowest BCUT2D eigenvalue weighted by Gasteiger charge is -2.32. The minimum Gasteiger partial charge on any atom is -0.466 e. The number of benzene rings is 1. The van der Waals surface area contributed by atoms with Crippen LogP contribution in [0.4, 0.5) is 4.39 Å². The summed E-state index contributed by atoms with van der Waals surface area (Å²) in [4.78, 5) is 39.4. The largest absolute Gasteiger partial charge is 0.466 e. The van der Waals surface area contributed by atoms with E-state index in [1.165, 1.54) is 11.9 Å². The van der Waals surface area contributed by atoms with Gasteiger partial charge in [0.05, 0.1) is 34.7 Å². The van der Waals surface area contributed by atoms with Crippen molar-refractivity contribution in [2.45, 2.75) is 19.8 Å². The molecular formula is C18H21Cl2FN2O4. The van der Waals surface area contributed by atoms with Crippen LogP contribution in [0.5, 0.6) is 0 Å². The zero-order valence-corrected chi connectivity index (χ0v) is 16.6. The number of halogens is 3. The first kappa shape index (κ1) is 21.4. The van der Waals surface area contributed by atoms with Crippen molar-refractivity contribution in [2.24, 2.45) is 5.92 Å². The van der Waals surface area contributed by atoms with Crippen LogP contribution in [0.15, 0.2) is 12.1 Å². The average molecular weight is 419 g/mol. The summed E-state index contributed by atoms with van der Waals surface area (Å²) >= 11 is 11.6. The molecule has 0 N–H and O–H groups in total. The molecule has 0 bridgehead atoms. The maximum atomic E-state index is 13.6. The van der Waals surface area contributed by atoms with E-state index in [1.807, 2.05) is 0 Å². The Morgan fingerprint density at radius 1 is 1.22 bits per heavy atom. The first-order chi connectivity index (χ1) is 12.7. The zero-order valence-electron chi connectivity index (χ0n) is 15.1. The third kappa shape index (κ3) is 5.32. The normalized spacial score (nSPS) is 14.8. The van der Waals surface area contributed by atoms with Crippen molar-refractivity contribution < 1.29 is 23.5 Å². The molecule has 1 heterocycles. The zero-order chi connectivity index (χ0) is 20.1. The number of carbonyl (C=O) groups excluding carboxylic acids is 3. The van der Waals surface area contributed by atoms with Gasteiger partial charge in [0.25, 0.3) is 5.91 Å². The lowest BCUT2D eigenvalue weighted by atomic mass is 9.97. The number of likely N-dealkylation sites (tertiary alicyclic amines) is 1. The van der Waals surface area contributed by atoms with Crippen LogP contribution in [-0.4, -0.2) is 60.9 Å². The Morgan fingerprint density at radius 3 is 2.44 bits per heavy atom. The molecule has 1 aliphatic rings. The molecule has 27 heavy (non-hydrogen) atoms. The number of piperidine rings is 1. The predicted octanol–water partition coefficient (Wildman–Crippen LogP) is 3.01. The van der Waals surface area contributed by atoms with Crippen molar-refractivity contribution in [3.8, 4) is 0 Å². The van der Waals surface area contributed by atoms with Crippen LogP contribution in [-0.2, 0) is 14.3 Å². The monoisotopic (exact) mass is 418 g/mol. The summed E-state index contributed by atoms with van der Waals surface area (Å²) in [6, 6.07) is 2.11. The summed E-state index contributed by atoms with van der Waals surface area (Å²) in [5, 5.41) is -0.166. The Bertz CT molecular complexity index is 736. The van der Waals surface area contributed by atoms with E-state index in [2.05, 4.69) is 0 Å². The van der Waals surface area contributed by atoms with Crippen molar-refractivity contribution in [2.75, 3.05) is 33.3 Å². The highest BCUT2D eigenvalue weighted by Gasteiger charge is 2.29. The van der Waals surface area contributed by atoms with Crippen LogP contribution in [0.1, 0.15) is 30.1 Å². The molecule has 1 saturated heterocycles. The van der Waals surface area contributed by atoms with Gasteiger partial charge in [-0.15, -0.1) is 0 Å². The lowest BCUT2D eigenvalue weighted by molar-refractivity contribution is -0.151. The number of likely N-dealkylation sites (N-methyl/N-ethyl adjacent to an activating group) is 1. The lowest BCUT2D eigenvalue weighted by Crippen LogP contribution is -2.45. The average Bonchev–Trinajstić information content (AvgIpc) is 2.64. The molecule has 6 nitrogen and oxygen atoms in total. The first-order valence-electron chi connectivity index (χ1n) is 8.59. The maximum Gasteiger partial charge on any atom is 0.309 e. The van der Waals surface area contributed by atoms with Crippen molar-refractivity contribution in [1.29, 1.82) is 0 Å². The van der Waals surface area contributed by atoms with E-state index in [-0.39, 0.29) is 39.9 Å². The third-order valence-electron chi connectivity index (χ3n) is 4.43. The van der Waals surface area contributed by atoms with Crippen LogP contribution >= 0.6 is 23.2 Å². The van der Waals surface area contributed by atoms with E-state index in [0.29, 0.717) is 32.5 Å². The highest BCUT2D eigenvalue weighted by molar-refractivity contribution is 6.36. The van der Waals surface area contributed by atoms with Gasteiger partial charge in [-0.3, -0.25) is 14.4 Å². The van der Waals surface area contributed by atoms with Crippen LogP contribution < -0.4 is 0 Å². The van der Waals surface area contributed by atoms with Gasteiger partial charge in [0.15, 0.2) is 0 Å².